The van der Waals surface area contributed by atoms with Crippen LogP contribution in [0.1, 0.15) is 23.9 Å². The van der Waals surface area contributed by atoms with Crippen molar-refractivity contribution < 1.29 is 9.47 Å². The van der Waals surface area contributed by atoms with Gasteiger partial charge >= 0.3 is 0 Å². The lowest BCUT2D eigenvalue weighted by Crippen LogP contribution is -2.08. The largest absolute Gasteiger partial charge is 0.454 e. The van der Waals surface area contributed by atoms with Crippen LogP contribution in [0.2, 0.25) is 5.02 Å². The Morgan fingerprint density at radius 3 is 2.83 bits per heavy atom. The zero-order valence-corrected chi connectivity index (χ0v) is 17.1. The van der Waals surface area contributed by atoms with E-state index in [1.54, 1.807) is 4.68 Å². The number of anilines is 1. The third kappa shape index (κ3) is 3.50. The molecule has 4 aromatic rings. The second-order valence-corrected chi connectivity index (χ2v) is 7.30. The van der Waals surface area contributed by atoms with Crippen LogP contribution in [-0.4, -0.2) is 31.8 Å². The van der Waals surface area contributed by atoms with Crippen LogP contribution < -0.4 is 14.8 Å². The van der Waals surface area contributed by atoms with E-state index in [4.69, 9.17) is 21.1 Å². The van der Waals surface area contributed by atoms with Crippen LogP contribution in [0.25, 0.3) is 11.2 Å². The predicted octanol–water partition coefficient (Wildman–Crippen LogP) is 3.83. The summed E-state index contributed by atoms with van der Waals surface area (Å²) >= 11 is 6.31. The van der Waals surface area contributed by atoms with Gasteiger partial charge in [0.25, 0.3) is 0 Å². The highest BCUT2D eigenvalue weighted by molar-refractivity contribution is 6.31. The first kappa shape index (κ1) is 18.6. The molecule has 1 N–H and O–H groups in total. The van der Waals surface area contributed by atoms with Crippen molar-refractivity contribution in [1.82, 2.24) is 25.0 Å². The van der Waals surface area contributed by atoms with Crippen LogP contribution in [0, 0.1) is 0 Å². The van der Waals surface area contributed by atoms with Crippen LogP contribution in [0.5, 0.6) is 11.5 Å². The van der Waals surface area contributed by atoms with Crippen molar-refractivity contribution in [2.45, 2.75) is 26.4 Å². The van der Waals surface area contributed by atoms with Gasteiger partial charge < -0.3 is 14.8 Å². The molecule has 9 heteroatoms. The fraction of sp³-hybridized carbons (Fsp3) is 0.238. The number of fused-ring (bicyclic) bond motifs is 2. The van der Waals surface area contributed by atoms with Crippen molar-refractivity contribution in [2.75, 3.05) is 12.1 Å². The molecule has 1 aliphatic heterocycles. The molecule has 30 heavy (non-hydrogen) atoms. The standard InChI is InChI=1S/C21H19ClN6O2/c1-2-18-24-20(23-10-13-7-8-16-17(9-13)30-12-29-16)19-21(25-18)28(27-26-19)11-14-5-3-4-6-15(14)22/h3-9H,2,10-12H2,1H3,(H,23,24,25). The van der Waals surface area contributed by atoms with Gasteiger partial charge in [-0.05, 0) is 29.3 Å². The monoisotopic (exact) mass is 422 g/mol. The highest BCUT2D eigenvalue weighted by atomic mass is 35.5. The predicted molar refractivity (Wildman–Crippen MR) is 113 cm³/mol. The van der Waals surface area contributed by atoms with Crippen molar-refractivity contribution in [3.8, 4) is 11.5 Å². The molecule has 0 saturated carbocycles. The number of aryl methyl sites for hydroxylation is 1. The number of nitrogens with one attached hydrogen (secondary N) is 1. The van der Waals surface area contributed by atoms with E-state index in [9.17, 15) is 0 Å². The van der Waals surface area contributed by atoms with Crippen LogP contribution in [0.4, 0.5) is 5.82 Å². The molecule has 0 fully saturated rings. The maximum Gasteiger partial charge on any atom is 0.231 e. The summed E-state index contributed by atoms with van der Waals surface area (Å²) in [5.41, 5.74) is 3.31. The normalized spacial score (nSPS) is 12.5. The second-order valence-electron chi connectivity index (χ2n) is 6.89. The topological polar surface area (TPSA) is 87.0 Å². The highest BCUT2D eigenvalue weighted by Gasteiger charge is 2.16. The molecular formula is C21H19ClN6O2. The van der Waals surface area contributed by atoms with Crippen LogP contribution in [0.3, 0.4) is 0 Å². The summed E-state index contributed by atoms with van der Waals surface area (Å²) < 4.78 is 12.6. The second kappa shape index (κ2) is 7.79. The molecule has 8 nitrogen and oxygen atoms in total. The Balaban J connectivity index is 1.45. The van der Waals surface area contributed by atoms with Crippen molar-refractivity contribution in [3.05, 3.63) is 64.4 Å². The first-order valence-electron chi connectivity index (χ1n) is 9.67. The third-order valence-electron chi connectivity index (χ3n) is 4.90. The summed E-state index contributed by atoms with van der Waals surface area (Å²) in [5, 5.41) is 12.7. The number of nitrogens with zero attached hydrogens (tertiary/aromatic N) is 5. The molecule has 0 radical (unpaired) electrons. The molecular weight excluding hydrogens is 404 g/mol. The Hall–Kier alpha value is -3.39. The molecule has 0 atom stereocenters. The van der Waals surface area contributed by atoms with E-state index in [0.717, 1.165) is 28.5 Å². The Kier molecular flexibility index (Phi) is 4.84. The number of hydrogen-bond acceptors (Lipinski definition) is 7. The van der Waals surface area contributed by atoms with Gasteiger partial charge in [0.15, 0.2) is 28.5 Å². The molecule has 0 saturated heterocycles. The van der Waals surface area contributed by atoms with E-state index >= 15 is 0 Å². The van der Waals surface area contributed by atoms with E-state index in [0.29, 0.717) is 41.5 Å². The summed E-state index contributed by atoms with van der Waals surface area (Å²) in [6.45, 7) is 3.32. The molecule has 2 aromatic heterocycles. The highest BCUT2D eigenvalue weighted by Crippen LogP contribution is 2.32. The van der Waals surface area contributed by atoms with Crippen molar-refractivity contribution in [1.29, 1.82) is 0 Å². The van der Waals surface area contributed by atoms with E-state index < -0.39 is 0 Å². The average molecular weight is 423 g/mol. The van der Waals surface area contributed by atoms with Gasteiger partial charge in [0, 0.05) is 18.0 Å². The number of halogens is 1. The van der Waals surface area contributed by atoms with Gasteiger partial charge in [-0.2, -0.15) is 0 Å². The molecule has 0 bridgehead atoms. The van der Waals surface area contributed by atoms with Crippen molar-refractivity contribution in [3.63, 3.8) is 0 Å². The minimum absolute atomic E-state index is 0.257. The third-order valence-corrected chi connectivity index (χ3v) is 5.27. The summed E-state index contributed by atoms with van der Waals surface area (Å²) in [4.78, 5) is 9.27. The number of ether oxygens (including phenoxy) is 2. The van der Waals surface area contributed by atoms with Gasteiger partial charge in [-0.25, -0.2) is 14.6 Å². The Bertz CT molecular complexity index is 1230. The van der Waals surface area contributed by atoms with Crippen LogP contribution in [0.15, 0.2) is 42.5 Å². The van der Waals surface area contributed by atoms with Gasteiger partial charge in [-0.15, -0.1) is 5.10 Å². The fourth-order valence-electron chi connectivity index (χ4n) is 3.31. The van der Waals surface area contributed by atoms with E-state index in [2.05, 4.69) is 25.6 Å². The van der Waals surface area contributed by atoms with E-state index in [1.165, 1.54) is 0 Å². The lowest BCUT2D eigenvalue weighted by atomic mass is 10.2. The zero-order chi connectivity index (χ0) is 20.5. The molecule has 0 aliphatic carbocycles. The summed E-state index contributed by atoms with van der Waals surface area (Å²) in [6, 6.07) is 13.5. The lowest BCUT2D eigenvalue weighted by Gasteiger charge is -2.09. The minimum atomic E-state index is 0.257. The quantitative estimate of drug-likeness (QED) is 0.505. The van der Waals surface area contributed by atoms with Crippen LogP contribution in [-0.2, 0) is 19.5 Å². The number of rotatable bonds is 6. The molecule has 152 valence electrons. The van der Waals surface area contributed by atoms with Gasteiger partial charge in [-0.1, -0.05) is 48.0 Å². The molecule has 2 aromatic carbocycles. The molecule has 0 unspecified atom stereocenters. The lowest BCUT2D eigenvalue weighted by molar-refractivity contribution is 0.174. The number of aromatic nitrogens is 5. The van der Waals surface area contributed by atoms with Gasteiger partial charge in [0.05, 0.1) is 6.54 Å². The maximum absolute atomic E-state index is 6.31. The summed E-state index contributed by atoms with van der Waals surface area (Å²) in [5.74, 6) is 2.89. The van der Waals surface area contributed by atoms with Gasteiger partial charge in [0.1, 0.15) is 5.82 Å². The first-order chi connectivity index (χ1) is 14.7. The molecule has 0 amide bonds. The molecule has 5 rings (SSSR count). The molecule has 0 spiro atoms. The molecule has 1 aliphatic rings. The van der Waals surface area contributed by atoms with E-state index in [-0.39, 0.29) is 6.79 Å². The number of benzene rings is 2. The van der Waals surface area contributed by atoms with Gasteiger partial charge in [-0.3, -0.25) is 0 Å². The average Bonchev–Trinajstić information content (AvgIpc) is 3.40. The summed E-state index contributed by atoms with van der Waals surface area (Å²) in [6.07, 6.45) is 0.700. The Morgan fingerprint density at radius 2 is 1.97 bits per heavy atom. The van der Waals surface area contributed by atoms with Crippen molar-refractivity contribution in [2.24, 2.45) is 0 Å². The maximum atomic E-state index is 6.31. The Labute approximate surface area is 177 Å². The zero-order valence-electron chi connectivity index (χ0n) is 16.3. The first-order valence-corrected chi connectivity index (χ1v) is 10.0. The molecule has 3 heterocycles. The smallest absolute Gasteiger partial charge is 0.231 e. The summed E-state index contributed by atoms with van der Waals surface area (Å²) in [7, 11) is 0. The minimum Gasteiger partial charge on any atom is -0.454 e. The Morgan fingerprint density at radius 1 is 1.10 bits per heavy atom. The van der Waals surface area contributed by atoms with Crippen molar-refractivity contribution >= 4 is 28.6 Å². The SMILES string of the molecule is CCc1nc(NCc2ccc3c(c2)OCO3)c2nnn(Cc3ccccc3Cl)c2n1. The fourth-order valence-corrected chi connectivity index (χ4v) is 3.51. The number of hydrogen-bond donors (Lipinski definition) is 1. The van der Waals surface area contributed by atoms with Crippen LogP contribution >= 0.6 is 11.6 Å². The van der Waals surface area contributed by atoms with Gasteiger partial charge in [0.2, 0.25) is 6.79 Å². The van der Waals surface area contributed by atoms with E-state index in [1.807, 2.05) is 49.4 Å².